The van der Waals surface area contributed by atoms with Gasteiger partial charge in [-0.1, -0.05) is 0 Å². The fourth-order valence-electron chi connectivity index (χ4n) is 4.08. The van der Waals surface area contributed by atoms with Gasteiger partial charge in [0.05, 0.1) is 11.9 Å². The third-order valence-electron chi connectivity index (χ3n) is 5.81. The second kappa shape index (κ2) is 6.83. The number of pyridine rings is 2. The summed E-state index contributed by atoms with van der Waals surface area (Å²) in [4.78, 5) is 28.1. The zero-order valence-corrected chi connectivity index (χ0v) is 16.6. The monoisotopic (exact) mass is 365 g/mol. The molecule has 0 atom stereocenters. The van der Waals surface area contributed by atoms with E-state index in [1.807, 2.05) is 31.3 Å². The van der Waals surface area contributed by atoms with Gasteiger partial charge in [0.2, 0.25) is 5.91 Å². The average Bonchev–Trinajstić information content (AvgIpc) is 3.07. The molecule has 6 nitrogen and oxygen atoms in total. The molecular formula is C21H27N5O. The molecule has 0 radical (unpaired) electrons. The SMILES string of the molecule is Cc1nc(N(C)C)c2c(c1C)CN(C(=O)CC1CN(c3cccnc3)C1)C2. The quantitative estimate of drug-likeness (QED) is 0.833. The molecule has 0 unspecified atom stereocenters. The number of hydrogen-bond donors (Lipinski definition) is 0. The first-order valence-electron chi connectivity index (χ1n) is 9.53. The Hall–Kier alpha value is -2.63. The van der Waals surface area contributed by atoms with E-state index in [2.05, 4.69) is 34.7 Å². The first-order valence-corrected chi connectivity index (χ1v) is 9.53. The molecule has 0 bridgehead atoms. The molecule has 0 spiro atoms. The summed E-state index contributed by atoms with van der Waals surface area (Å²) < 4.78 is 0. The summed E-state index contributed by atoms with van der Waals surface area (Å²) >= 11 is 0. The first kappa shape index (κ1) is 17.8. The van der Waals surface area contributed by atoms with Gasteiger partial charge in [-0.15, -0.1) is 0 Å². The molecule has 1 saturated heterocycles. The van der Waals surface area contributed by atoms with Crippen molar-refractivity contribution < 1.29 is 4.79 Å². The Morgan fingerprint density at radius 3 is 2.63 bits per heavy atom. The molecule has 0 N–H and O–H groups in total. The standard InChI is InChI=1S/C21H27N5O/c1-14-15(2)23-21(24(3)4)19-13-26(12-18(14)19)20(27)8-16-10-25(11-16)17-6-5-7-22-9-17/h5-7,9,16H,8,10-13H2,1-4H3. The largest absolute Gasteiger partial charge is 0.370 e. The van der Waals surface area contributed by atoms with Crippen LogP contribution in [0.15, 0.2) is 24.5 Å². The minimum absolute atomic E-state index is 0.254. The van der Waals surface area contributed by atoms with Gasteiger partial charge < -0.3 is 14.7 Å². The van der Waals surface area contributed by atoms with Gasteiger partial charge in [0.1, 0.15) is 5.82 Å². The Morgan fingerprint density at radius 2 is 1.96 bits per heavy atom. The fraction of sp³-hybridized carbons (Fsp3) is 0.476. The molecule has 142 valence electrons. The number of carbonyl (C=O) groups is 1. The normalized spacial score (nSPS) is 16.3. The maximum atomic E-state index is 12.9. The van der Waals surface area contributed by atoms with Crippen LogP contribution in [0.4, 0.5) is 11.5 Å². The average molecular weight is 365 g/mol. The fourth-order valence-corrected chi connectivity index (χ4v) is 4.08. The van der Waals surface area contributed by atoms with Crippen molar-refractivity contribution in [2.45, 2.75) is 33.4 Å². The second-order valence-corrected chi connectivity index (χ2v) is 7.93. The number of amides is 1. The molecule has 27 heavy (non-hydrogen) atoms. The highest BCUT2D eigenvalue weighted by atomic mass is 16.2. The lowest BCUT2D eigenvalue weighted by Crippen LogP contribution is -2.48. The van der Waals surface area contributed by atoms with Crippen LogP contribution in [0.3, 0.4) is 0 Å². The maximum Gasteiger partial charge on any atom is 0.223 e. The Bertz CT molecular complexity index is 859. The molecule has 2 aliphatic rings. The summed E-state index contributed by atoms with van der Waals surface area (Å²) in [6, 6.07) is 4.03. The van der Waals surface area contributed by atoms with Gasteiger partial charge in [-0.3, -0.25) is 9.78 Å². The van der Waals surface area contributed by atoms with Crippen LogP contribution in [-0.4, -0.2) is 48.0 Å². The van der Waals surface area contributed by atoms with E-state index in [-0.39, 0.29) is 5.91 Å². The highest BCUT2D eigenvalue weighted by Crippen LogP contribution is 2.34. The molecule has 2 aromatic heterocycles. The van der Waals surface area contributed by atoms with E-state index in [9.17, 15) is 4.79 Å². The van der Waals surface area contributed by atoms with E-state index in [0.29, 0.717) is 25.4 Å². The van der Waals surface area contributed by atoms with Gasteiger partial charge in [-0.2, -0.15) is 0 Å². The summed E-state index contributed by atoms with van der Waals surface area (Å²) in [6.45, 7) is 7.42. The Labute approximate surface area is 160 Å². The van der Waals surface area contributed by atoms with Crippen LogP contribution in [0.5, 0.6) is 0 Å². The molecule has 4 rings (SSSR count). The van der Waals surface area contributed by atoms with Crippen LogP contribution in [-0.2, 0) is 17.9 Å². The molecule has 2 aromatic rings. The smallest absolute Gasteiger partial charge is 0.223 e. The van der Waals surface area contributed by atoms with Crippen molar-refractivity contribution in [2.75, 3.05) is 37.0 Å². The summed E-state index contributed by atoms with van der Waals surface area (Å²) in [5.74, 6) is 1.68. The van der Waals surface area contributed by atoms with Gasteiger partial charge in [-0.25, -0.2) is 4.98 Å². The van der Waals surface area contributed by atoms with E-state index < -0.39 is 0 Å². The zero-order valence-electron chi connectivity index (χ0n) is 16.6. The van der Waals surface area contributed by atoms with E-state index in [1.54, 1.807) is 6.20 Å². The highest BCUT2D eigenvalue weighted by molar-refractivity contribution is 5.78. The molecule has 1 fully saturated rings. The second-order valence-electron chi connectivity index (χ2n) is 7.93. The first-order chi connectivity index (χ1) is 12.9. The molecule has 4 heterocycles. The predicted molar refractivity (Wildman–Crippen MR) is 107 cm³/mol. The predicted octanol–water partition coefficient (Wildman–Crippen LogP) is 2.53. The summed E-state index contributed by atoms with van der Waals surface area (Å²) in [7, 11) is 4.03. The third-order valence-corrected chi connectivity index (χ3v) is 5.81. The number of nitrogens with zero attached hydrogens (tertiary/aromatic N) is 5. The maximum absolute atomic E-state index is 12.9. The lowest BCUT2D eigenvalue weighted by Gasteiger charge is -2.41. The van der Waals surface area contributed by atoms with Crippen molar-refractivity contribution in [1.29, 1.82) is 0 Å². The lowest BCUT2D eigenvalue weighted by molar-refractivity contribution is -0.133. The van der Waals surface area contributed by atoms with E-state index >= 15 is 0 Å². The van der Waals surface area contributed by atoms with Crippen molar-refractivity contribution in [3.05, 3.63) is 46.9 Å². The number of aromatic nitrogens is 2. The highest BCUT2D eigenvalue weighted by Gasteiger charge is 2.34. The van der Waals surface area contributed by atoms with Crippen LogP contribution in [0, 0.1) is 19.8 Å². The number of fused-ring (bicyclic) bond motifs is 1. The van der Waals surface area contributed by atoms with E-state index in [0.717, 1.165) is 30.3 Å². The minimum atomic E-state index is 0.254. The number of aryl methyl sites for hydroxylation is 1. The molecule has 6 heteroatoms. The molecule has 0 saturated carbocycles. The van der Waals surface area contributed by atoms with Gasteiger partial charge in [0, 0.05) is 70.1 Å². The van der Waals surface area contributed by atoms with E-state index in [4.69, 9.17) is 4.98 Å². The molecule has 0 aliphatic carbocycles. The van der Waals surface area contributed by atoms with Crippen LogP contribution < -0.4 is 9.80 Å². The number of carbonyl (C=O) groups excluding carboxylic acids is 1. The Balaban J connectivity index is 1.40. The Morgan fingerprint density at radius 1 is 1.22 bits per heavy atom. The summed E-state index contributed by atoms with van der Waals surface area (Å²) in [6.07, 6.45) is 4.29. The van der Waals surface area contributed by atoms with Gasteiger partial charge in [0.15, 0.2) is 0 Å². The van der Waals surface area contributed by atoms with Crippen LogP contribution >= 0.6 is 0 Å². The number of anilines is 2. The van der Waals surface area contributed by atoms with Crippen molar-refractivity contribution in [1.82, 2.24) is 14.9 Å². The van der Waals surface area contributed by atoms with Gasteiger partial charge in [-0.05, 0) is 37.1 Å². The zero-order chi connectivity index (χ0) is 19.1. The van der Waals surface area contributed by atoms with Crippen LogP contribution in [0.25, 0.3) is 0 Å². The molecular weight excluding hydrogens is 338 g/mol. The third kappa shape index (κ3) is 3.24. The topological polar surface area (TPSA) is 52.6 Å². The molecule has 0 aromatic carbocycles. The van der Waals surface area contributed by atoms with E-state index in [1.165, 1.54) is 16.7 Å². The molecule has 1 amide bonds. The number of rotatable bonds is 4. The minimum Gasteiger partial charge on any atom is -0.370 e. The summed E-state index contributed by atoms with van der Waals surface area (Å²) in [5, 5.41) is 0. The van der Waals surface area contributed by atoms with Crippen molar-refractivity contribution in [2.24, 2.45) is 5.92 Å². The van der Waals surface area contributed by atoms with Crippen LogP contribution in [0.1, 0.15) is 28.8 Å². The van der Waals surface area contributed by atoms with Gasteiger partial charge in [0.25, 0.3) is 0 Å². The van der Waals surface area contributed by atoms with Crippen molar-refractivity contribution in [3.63, 3.8) is 0 Å². The van der Waals surface area contributed by atoms with Crippen molar-refractivity contribution >= 4 is 17.4 Å². The lowest BCUT2D eigenvalue weighted by atomic mass is 9.95. The van der Waals surface area contributed by atoms with Gasteiger partial charge >= 0.3 is 0 Å². The Kier molecular flexibility index (Phi) is 4.50. The number of hydrogen-bond acceptors (Lipinski definition) is 5. The van der Waals surface area contributed by atoms with Crippen molar-refractivity contribution in [3.8, 4) is 0 Å². The summed E-state index contributed by atoms with van der Waals surface area (Å²) in [5.41, 5.74) is 5.91. The molecule has 2 aliphatic heterocycles. The van der Waals surface area contributed by atoms with Crippen LogP contribution in [0.2, 0.25) is 0 Å².